The zero-order chi connectivity index (χ0) is 15.5. The van der Waals surface area contributed by atoms with Crippen molar-refractivity contribution in [3.8, 4) is 6.07 Å². The van der Waals surface area contributed by atoms with Gasteiger partial charge in [-0.05, 0) is 38.0 Å². The normalized spacial score (nSPS) is 31.9. The van der Waals surface area contributed by atoms with Gasteiger partial charge in [-0.25, -0.2) is 0 Å². The average Bonchev–Trinajstić information content (AvgIpc) is 2.46. The molecule has 1 amide bonds. The van der Waals surface area contributed by atoms with Gasteiger partial charge < -0.3 is 10.2 Å². The molecule has 4 atom stereocenters. The van der Waals surface area contributed by atoms with Gasteiger partial charge in [0.1, 0.15) is 5.54 Å². The van der Waals surface area contributed by atoms with Crippen molar-refractivity contribution in [1.82, 2.24) is 5.32 Å². The number of carbonyl (C=O) groups is 1. The Morgan fingerprint density at radius 2 is 2.00 bits per heavy atom. The van der Waals surface area contributed by atoms with E-state index in [1.807, 2.05) is 20.8 Å². The molecule has 1 aliphatic carbocycles. The van der Waals surface area contributed by atoms with Crippen molar-refractivity contribution in [3.63, 3.8) is 0 Å². The quantitative estimate of drug-likeness (QED) is 0.816. The molecule has 1 saturated carbocycles. The lowest BCUT2D eigenvalue weighted by Gasteiger charge is -2.39. The number of likely N-dealkylation sites (tertiary alicyclic amines) is 1. The molecule has 1 aliphatic heterocycles. The van der Waals surface area contributed by atoms with Crippen LogP contribution in [-0.4, -0.2) is 31.1 Å². The molecule has 2 fully saturated rings. The number of nitrogens with one attached hydrogen (secondary N) is 2. The van der Waals surface area contributed by atoms with E-state index in [0.29, 0.717) is 6.54 Å². The van der Waals surface area contributed by atoms with E-state index in [1.165, 1.54) is 37.0 Å². The Kier molecular flexibility index (Phi) is 5.27. The fourth-order valence-electron chi connectivity index (χ4n) is 3.82. The lowest BCUT2D eigenvalue weighted by Crippen LogP contribution is -3.15. The number of hydrogen-bond donors (Lipinski definition) is 2. The molecule has 1 saturated heterocycles. The lowest BCUT2D eigenvalue weighted by atomic mass is 9.75. The molecular formula is C17H30N3O+. The van der Waals surface area contributed by atoms with Crippen LogP contribution in [0.1, 0.15) is 52.9 Å². The Hall–Kier alpha value is -1.08. The van der Waals surface area contributed by atoms with Crippen molar-refractivity contribution >= 4 is 5.91 Å². The zero-order valence-electron chi connectivity index (χ0n) is 13.7. The van der Waals surface area contributed by atoms with Crippen LogP contribution >= 0.6 is 0 Å². The van der Waals surface area contributed by atoms with Gasteiger partial charge in [0, 0.05) is 5.92 Å². The predicted octanol–water partition coefficient (Wildman–Crippen LogP) is 1.14. The number of carbonyl (C=O) groups excluding carboxylic acids is 1. The van der Waals surface area contributed by atoms with Crippen LogP contribution in [0.3, 0.4) is 0 Å². The van der Waals surface area contributed by atoms with Crippen LogP contribution in [0, 0.1) is 29.1 Å². The fraction of sp³-hybridized carbons (Fsp3) is 0.882. The van der Waals surface area contributed by atoms with Crippen molar-refractivity contribution in [2.45, 2.75) is 58.4 Å². The zero-order valence-corrected chi connectivity index (χ0v) is 13.7. The average molecular weight is 292 g/mol. The van der Waals surface area contributed by atoms with Crippen LogP contribution in [0.15, 0.2) is 0 Å². The molecule has 1 unspecified atom stereocenters. The van der Waals surface area contributed by atoms with Gasteiger partial charge in [-0.2, -0.15) is 5.26 Å². The Bertz CT molecular complexity index is 415. The summed E-state index contributed by atoms with van der Waals surface area (Å²) in [5, 5.41) is 12.2. The SMILES string of the molecule is CC(C)[C@](C)(C#N)NC(=O)C[NH+]1CC[C@@H]2CCCC[C@@H]2C1. The van der Waals surface area contributed by atoms with E-state index >= 15 is 0 Å². The second-order valence-corrected chi connectivity index (χ2v) is 7.49. The standard InChI is InChI=1S/C17H29N3O/c1-13(2)17(3,12-18)19-16(21)11-20-9-8-14-6-4-5-7-15(14)10-20/h13-15H,4-11H2,1-3H3,(H,19,21)/p+1/t14-,15+,17-/m0/s1. The first-order chi connectivity index (χ1) is 9.94. The maximum absolute atomic E-state index is 12.3. The molecule has 2 N–H and O–H groups in total. The predicted molar refractivity (Wildman–Crippen MR) is 82.6 cm³/mol. The summed E-state index contributed by atoms with van der Waals surface area (Å²) in [6, 6.07) is 2.25. The van der Waals surface area contributed by atoms with E-state index in [1.54, 1.807) is 0 Å². The summed E-state index contributed by atoms with van der Waals surface area (Å²) in [6.07, 6.45) is 6.76. The van der Waals surface area contributed by atoms with Gasteiger partial charge in [0.25, 0.3) is 5.91 Å². The van der Waals surface area contributed by atoms with E-state index in [0.717, 1.165) is 24.9 Å². The van der Waals surface area contributed by atoms with Gasteiger partial charge in [0.15, 0.2) is 6.54 Å². The molecule has 4 nitrogen and oxygen atoms in total. The van der Waals surface area contributed by atoms with E-state index < -0.39 is 5.54 Å². The van der Waals surface area contributed by atoms with Crippen LogP contribution < -0.4 is 10.2 Å². The van der Waals surface area contributed by atoms with Gasteiger partial charge in [0.05, 0.1) is 19.2 Å². The third-order valence-electron chi connectivity index (χ3n) is 5.68. The monoisotopic (exact) mass is 292 g/mol. The largest absolute Gasteiger partial charge is 0.333 e. The number of rotatable bonds is 4. The van der Waals surface area contributed by atoms with Crippen LogP contribution in [0.25, 0.3) is 0 Å². The number of piperidine rings is 1. The minimum atomic E-state index is -0.750. The number of nitrogens with zero attached hydrogens (tertiary/aromatic N) is 1. The summed E-state index contributed by atoms with van der Waals surface area (Å²) in [6.45, 7) is 8.54. The van der Waals surface area contributed by atoms with Crippen LogP contribution in [0.5, 0.6) is 0 Å². The van der Waals surface area contributed by atoms with E-state index in [9.17, 15) is 10.1 Å². The summed E-state index contributed by atoms with van der Waals surface area (Å²) >= 11 is 0. The minimum Gasteiger partial charge on any atom is -0.333 e. The first-order valence-electron chi connectivity index (χ1n) is 8.50. The first kappa shape index (κ1) is 16.3. The number of fused-ring (bicyclic) bond motifs is 1. The first-order valence-corrected chi connectivity index (χ1v) is 8.50. The van der Waals surface area contributed by atoms with Crippen LogP contribution in [0.4, 0.5) is 0 Å². The van der Waals surface area contributed by atoms with Crippen LogP contribution in [0.2, 0.25) is 0 Å². The molecule has 0 bridgehead atoms. The Morgan fingerprint density at radius 1 is 1.33 bits per heavy atom. The third-order valence-corrected chi connectivity index (χ3v) is 5.68. The van der Waals surface area contributed by atoms with Gasteiger partial charge in [-0.15, -0.1) is 0 Å². The second-order valence-electron chi connectivity index (χ2n) is 7.49. The van der Waals surface area contributed by atoms with Gasteiger partial charge >= 0.3 is 0 Å². The smallest absolute Gasteiger partial charge is 0.276 e. The van der Waals surface area contributed by atoms with E-state index in [4.69, 9.17) is 0 Å². The molecule has 0 aromatic heterocycles. The number of quaternary nitrogens is 1. The Labute approximate surface area is 128 Å². The Balaban J connectivity index is 1.84. The maximum atomic E-state index is 12.3. The highest BCUT2D eigenvalue weighted by Gasteiger charge is 2.36. The third kappa shape index (κ3) is 3.97. The van der Waals surface area contributed by atoms with Crippen molar-refractivity contribution in [2.75, 3.05) is 19.6 Å². The molecule has 1 heterocycles. The molecule has 0 spiro atoms. The van der Waals surface area contributed by atoms with Crippen molar-refractivity contribution in [1.29, 1.82) is 5.26 Å². The van der Waals surface area contributed by atoms with Crippen molar-refractivity contribution in [2.24, 2.45) is 17.8 Å². The lowest BCUT2D eigenvalue weighted by molar-refractivity contribution is -0.902. The molecule has 2 aliphatic rings. The molecule has 21 heavy (non-hydrogen) atoms. The summed E-state index contributed by atoms with van der Waals surface area (Å²) in [7, 11) is 0. The molecule has 4 heteroatoms. The summed E-state index contributed by atoms with van der Waals surface area (Å²) in [5.41, 5.74) is -0.750. The minimum absolute atomic E-state index is 0.0250. The maximum Gasteiger partial charge on any atom is 0.276 e. The number of nitriles is 1. The second kappa shape index (κ2) is 6.79. The van der Waals surface area contributed by atoms with Gasteiger partial charge in [-0.3, -0.25) is 4.79 Å². The Morgan fingerprint density at radius 3 is 2.62 bits per heavy atom. The summed E-state index contributed by atoms with van der Waals surface area (Å²) < 4.78 is 0. The van der Waals surface area contributed by atoms with E-state index in [-0.39, 0.29) is 11.8 Å². The molecule has 2 rings (SSSR count). The molecule has 0 radical (unpaired) electrons. The number of amides is 1. The summed E-state index contributed by atoms with van der Waals surface area (Å²) in [5.74, 6) is 1.87. The van der Waals surface area contributed by atoms with Crippen LogP contribution in [-0.2, 0) is 4.79 Å². The van der Waals surface area contributed by atoms with Crippen molar-refractivity contribution in [3.05, 3.63) is 0 Å². The number of hydrogen-bond acceptors (Lipinski definition) is 2. The van der Waals surface area contributed by atoms with Gasteiger partial charge in [0.2, 0.25) is 0 Å². The fourth-order valence-corrected chi connectivity index (χ4v) is 3.82. The highest BCUT2D eigenvalue weighted by Crippen LogP contribution is 2.32. The molecule has 0 aromatic carbocycles. The molecule has 118 valence electrons. The summed E-state index contributed by atoms with van der Waals surface area (Å²) in [4.78, 5) is 13.7. The van der Waals surface area contributed by atoms with Gasteiger partial charge in [-0.1, -0.05) is 26.7 Å². The topological polar surface area (TPSA) is 57.3 Å². The highest BCUT2D eigenvalue weighted by atomic mass is 16.2. The highest BCUT2D eigenvalue weighted by molar-refractivity contribution is 5.78. The molecular weight excluding hydrogens is 262 g/mol. The van der Waals surface area contributed by atoms with E-state index in [2.05, 4.69) is 11.4 Å². The molecule has 0 aromatic rings. The van der Waals surface area contributed by atoms with Crippen molar-refractivity contribution < 1.29 is 9.69 Å².